The van der Waals surface area contributed by atoms with Gasteiger partial charge in [0.05, 0.1) is 10.7 Å². The monoisotopic (exact) mass is 500 g/mol. The van der Waals surface area contributed by atoms with Crippen LogP contribution in [0.25, 0.3) is 5.65 Å². The van der Waals surface area contributed by atoms with Crippen LogP contribution in [0.1, 0.15) is 33.7 Å². The number of ether oxygens (including phenoxy) is 1. The number of aryl methyl sites for hydroxylation is 1. The Hall–Kier alpha value is -3.21. The Balaban J connectivity index is 1.69. The number of benzene rings is 1. The predicted molar refractivity (Wildman–Crippen MR) is 114 cm³/mol. The molecular formula is C22H18ClF5N4O2. The van der Waals surface area contributed by atoms with Crippen molar-refractivity contribution >= 4 is 29.1 Å². The van der Waals surface area contributed by atoms with Crippen LogP contribution in [0.2, 0.25) is 5.02 Å². The highest BCUT2D eigenvalue weighted by Gasteiger charge is 2.52. The Morgan fingerprint density at radius 2 is 2.06 bits per heavy atom. The van der Waals surface area contributed by atoms with Crippen LogP contribution >= 0.6 is 11.6 Å². The molecule has 0 aliphatic carbocycles. The lowest BCUT2D eigenvalue weighted by molar-refractivity contribution is -0.209. The molecule has 3 heterocycles. The number of carbonyl (C=O) groups is 1. The number of halogens is 6. The molecule has 1 aliphatic rings. The van der Waals surface area contributed by atoms with Gasteiger partial charge in [-0.25, -0.2) is 18.8 Å². The summed E-state index contributed by atoms with van der Waals surface area (Å²) in [4.78, 5) is 21.0. The number of rotatable bonds is 5. The van der Waals surface area contributed by atoms with E-state index in [-0.39, 0.29) is 17.7 Å². The molecule has 3 aromatic rings. The second-order valence-corrected chi connectivity index (χ2v) is 8.44. The molecule has 34 heavy (non-hydrogen) atoms. The van der Waals surface area contributed by atoms with Crippen molar-refractivity contribution in [2.45, 2.75) is 37.6 Å². The number of hydrogen-bond acceptors (Lipinski definition) is 5. The highest BCUT2D eigenvalue weighted by molar-refractivity contribution is 6.30. The summed E-state index contributed by atoms with van der Waals surface area (Å²) in [6.07, 6.45) is -6.99. The van der Waals surface area contributed by atoms with Crippen molar-refractivity contribution in [3.8, 4) is 0 Å². The fraction of sp³-hybridized carbons (Fsp3) is 0.318. The Morgan fingerprint density at radius 1 is 1.32 bits per heavy atom. The van der Waals surface area contributed by atoms with Crippen molar-refractivity contribution in [1.82, 2.24) is 9.38 Å². The molecule has 0 radical (unpaired) electrons. The molecule has 0 unspecified atom stereocenters. The lowest BCUT2D eigenvalue weighted by Gasteiger charge is -2.36. The largest absolute Gasteiger partial charge is 0.452 e. The fourth-order valence-corrected chi connectivity index (χ4v) is 4.16. The number of nitrogens with two attached hydrogens (primary N) is 1. The lowest BCUT2D eigenvalue weighted by Crippen LogP contribution is -2.48. The molecule has 4 rings (SSSR count). The van der Waals surface area contributed by atoms with E-state index in [1.54, 1.807) is 29.7 Å². The van der Waals surface area contributed by atoms with Gasteiger partial charge in [-0.05, 0) is 36.8 Å². The highest BCUT2D eigenvalue weighted by atomic mass is 35.5. The molecule has 0 amide bonds. The number of hydrogen-bond donors (Lipinski definition) is 1. The van der Waals surface area contributed by atoms with Crippen LogP contribution in [0, 0.1) is 12.7 Å². The maximum atomic E-state index is 14.7. The van der Waals surface area contributed by atoms with Crippen molar-refractivity contribution < 1.29 is 31.5 Å². The van der Waals surface area contributed by atoms with E-state index >= 15 is 0 Å². The van der Waals surface area contributed by atoms with Crippen LogP contribution in [0.5, 0.6) is 0 Å². The first-order valence-electron chi connectivity index (χ1n) is 10.0. The standard InChI is InChI=1S/C22H18ClF5N4O2/c1-11-19(30-18-5-3-13(23)9-32(11)18)16(33)7-12-2-4-15(25)14(6-12)21(10-24)8-17(22(26,27)28)34-20(29)31-21/h2-6,9,17H,7-8,10H2,1H3,(H2,29,31)/t17-,21+/m0/s1. The molecule has 0 saturated heterocycles. The van der Waals surface area contributed by atoms with Gasteiger partial charge in [-0.15, -0.1) is 0 Å². The number of aliphatic imine (C=N–C) groups is 1. The molecule has 2 N–H and O–H groups in total. The van der Waals surface area contributed by atoms with Gasteiger partial charge in [-0.2, -0.15) is 13.2 Å². The van der Waals surface area contributed by atoms with Gasteiger partial charge >= 0.3 is 6.18 Å². The second kappa shape index (κ2) is 8.53. The zero-order valence-corrected chi connectivity index (χ0v) is 18.4. The Bertz CT molecular complexity index is 1310. The molecular weight excluding hydrogens is 483 g/mol. The van der Waals surface area contributed by atoms with Gasteiger partial charge in [-0.1, -0.05) is 17.7 Å². The minimum absolute atomic E-state index is 0.152. The SMILES string of the molecule is Cc1c(C(=O)Cc2ccc(F)c([C@]3(CF)C[C@@H](C(F)(F)F)OC(N)=N3)c2)nc2ccc(Cl)cn12. The molecule has 2 aromatic heterocycles. The van der Waals surface area contributed by atoms with Crippen molar-refractivity contribution in [2.24, 2.45) is 10.7 Å². The molecule has 0 saturated carbocycles. The van der Waals surface area contributed by atoms with Crippen molar-refractivity contribution in [3.63, 3.8) is 0 Å². The quantitative estimate of drug-likeness (QED) is 0.407. The number of Topliss-reactive ketones (excluding diaryl/α,β-unsaturated/α-hetero) is 1. The van der Waals surface area contributed by atoms with Gasteiger partial charge < -0.3 is 14.9 Å². The Kier molecular flexibility index (Phi) is 6.01. The second-order valence-electron chi connectivity index (χ2n) is 8.00. The number of ketones is 1. The van der Waals surface area contributed by atoms with Crippen molar-refractivity contribution in [3.05, 3.63) is 69.9 Å². The average Bonchev–Trinajstić information content (AvgIpc) is 3.10. The Labute approximate surface area is 195 Å². The minimum Gasteiger partial charge on any atom is -0.452 e. The number of aromatic nitrogens is 2. The first kappa shape index (κ1) is 23.9. The maximum Gasteiger partial charge on any atom is 0.425 e. The summed E-state index contributed by atoms with van der Waals surface area (Å²) in [7, 11) is 0. The summed E-state index contributed by atoms with van der Waals surface area (Å²) in [5, 5.41) is 0.445. The van der Waals surface area contributed by atoms with Crippen LogP contribution < -0.4 is 5.73 Å². The van der Waals surface area contributed by atoms with Gasteiger partial charge in [0, 0.05) is 24.6 Å². The number of alkyl halides is 4. The highest BCUT2D eigenvalue weighted by Crippen LogP contribution is 2.41. The van der Waals surface area contributed by atoms with Gasteiger partial charge in [0.25, 0.3) is 6.02 Å². The van der Waals surface area contributed by atoms with Crippen LogP contribution in [0.3, 0.4) is 0 Å². The number of pyridine rings is 1. The zero-order chi connectivity index (χ0) is 24.8. The van der Waals surface area contributed by atoms with Gasteiger partial charge in [0.15, 0.2) is 11.9 Å². The first-order valence-corrected chi connectivity index (χ1v) is 10.4. The van der Waals surface area contributed by atoms with E-state index < -0.39 is 54.1 Å². The first-order chi connectivity index (χ1) is 15.9. The third-order valence-corrected chi connectivity index (χ3v) is 5.90. The molecule has 6 nitrogen and oxygen atoms in total. The lowest BCUT2D eigenvalue weighted by atomic mass is 9.83. The predicted octanol–water partition coefficient (Wildman–Crippen LogP) is 4.69. The summed E-state index contributed by atoms with van der Waals surface area (Å²) >= 11 is 5.99. The number of imidazole rings is 1. The molecule has 0 bridgehead atoms. The fourth-order valence-electron chi connectivity index (χ4n) is 3.99. The van der Waals surface area contributed by atoms with Crippen LogP contribution in [-0.4, -0.2) is 40.1 Å². The third-order valence-electron chi connectivity index (χ3n) is 5.68. The van der Waals surface area contributed by atoms with E-state index in [4.69, 9.17) is 17.3 Å². The summed E-state index contributed by atoms with van der Waals surface area (Å²) in [5.41, 5.74) is 4.10. The van der Waals surface area contributed by atoms with E-state index in [1.165, 1.54) is 6.07 Å². The van der Waals surface area contributed by atoms with E-state index in [0.29, 0.717) is 16.4 Å². The Morgan fingerprint density at radius 3 is 2.74 bits per heavy atom. The van der Waals surface area contributed by atoms with Crippen LogP contribution in [0.4, 0.5) is 22.0 Å². The van der Waals surface area contributed by atoms with Crippen LogP contribution in [-0.2, 0) is 16.7 Å². The van der Waals surface area contributed by atoms with Gasteiger partial charge in [-0.3, -0.25) is 4.79 Å². The summed E-state index contributed by atoms with van der Waals surface area (Å²) in [6, 6.07) is 5.73. The summed E-state index contributed by atoms with van der Waals surface area (Å²) in [5.74, 6) is -1.40. The number of nitrogens with zero attached hydrogens (tertiary/aromatic N) is 3. The summed E-state index contributed by atoms with van der Waals surface area (Å²) in [6.45, 7) is 0.221. The average molecular weight is 501 g/mol. The van der Waals surface area contributed by atoms with Crippen molar-refractivity contribution in [1.29, 1.82) is 0 Å². The van der Waals surface area contributed by atoms with E-state index in [1.807, 2.05) is 0 Å². The normalized spacial score (nSPS) is 20.8. The molecule has 1 aliphatic heterocycles. The van der Waals surface area contributed by atoms with Gasteiger partial charge in [0.1, 0.15) is 29.4 Å². The molecule has 0 spiro atoms. The summed E-state index contributed by atoms with van der Waals surface area (Å²) < 4.78 is 74.9. The number of fused-ring (bicyclic) bond motifs is 1. The van der Waals surface area contributed by atoms with Crippen LogP contribution in [0.15, 0.2) is 41.5 Å². The smallest absolute Gasteiger partial charge is 0.425 e. The zero-order valence-electron chi connectivity index (χ0n) is 17.7. The molecule has 12 heteroatoms. The number of amidine groups is 1. The van der Waals surface area contributed by atoms with E-state index in [9.17, 15) is 26.7 Å². The molecule has 0 fully saturated rings. The van der Waals surface area contributed by atoms with Gasteiger partial charge in [0.2, 0.25) is 0 Å². The van der Waals surface area contributed by atoms with E-state index in [2.05, 4.69) is 14.7 Å². The van der Waals surface area contributed by atoms with E-state index in [0.717, 1.165) is 12.1 Å². The molecule has 180 valence electrons. The third kappa shape index (κ3) is 4.31. The maximum absolute atomic E-state index is 14.7. The molecule has 1 aromatic carbocycles. The minimum atomic E-state index is -4.87. The van der Waals surface area contributed by atoms with Crippen molar-refractivity contribution in [2.75, 3.05) is 6.67 Å². The molecule has 2 atom stereocenters. The number of carbonyl (C=O) groups excluding carboxylic acids is 1. The topological polar surface area (TPSA) is 82.0 Å².